The number of methoxy groups -OCH3 is 1. The second kappa shape index (κ2) is 6.88. The van der Waals surface area contributed by atoms with Gasteiger partial charge in [-0.25, -0.2) is 18.4 Å². The molecule has 0 spiro atoms. The smallest absolute Gasteiger partial charge is 0.326 e. The van der Waals surface area contributed by atoms with E-state index in [0.29, 0.717) is 26.8 Å². The normalized spacial score (nSPS) is 15.6. The van der Waals surface area contributed by atoms with Crippen LogP contribution >= 0.6 is 0 Å². The minimum absolute atomic E-state index is 0.177. The van der Waals surface area contributed by atoms with Crippen molar-refractivity contribution in [2.75, 3.05) is 23.3 Å². The number of ether oxygens (including phenoxy) is 1. The van der Waals surface area contributed by atoms with E-state index in [1.54, 1.807) is 19.4 Å². The van der Waals surface area contributed by atoms with E-state index in [1.807, 2.05) is 11.6 Å². The molecule has 12 heteroatoms. The van der Waals surface area contributed by atoms with E-state index in [1.165, 1.54) is 12.3 Å². The third-order valence-electron chi connectivity index (χ3n) is 4.55. The van der Waals surface area contributed by atoms with Crippen LogP contribution in [-0.4, -0.2) is 43.2 Å². The number of hydrogen-bond donors (Lipinski definition) is 3. The largest absolute Gasteiger partial charge is 0.496 e. The van der Waals surface area contributed by atoms with Crippen LogP contribution in [0.15, 0.2) is 24.5 Å². The van der Waals surface area contributed by atoms with Crippen LogP contribution < -0.4 is 19.1 Å². The first-order chi connectivity index (χ1) is 13.8. The van der Waals surface area contributed by atoms with Gasteiger partial charge in [0.1, 0.15) is 29.6 Å². The monoisotopic (exact) mass is 420 g/mol. The van der Waals surface area contributed by atoms with Crippen molar-refractivity contribution in [3.63, 3.8) is 0 Å². The average Bonchev–Trinajstić information content (AvgIpc) is 3.24. The van der Waals surface area contributed by atoms with Gasteiger partial charge < -0.3 is 10.1 Å². The highest BCUT2D eigenvalue weighted by molar-refractivity contribution is 7.92. The molecule has 3 N–H and O–H groups in total. The van der Waals surface area contributed by atoms with Crippen molar-refractivity contribution in [2.24, 2.45) is 0 Å². The third kappa shape index (κ3) is 3.31. The zero-order chi connectivity index (χ0) is 20.8. The van der Waals surface area contributed by atoms with Gasteiger partial charge in [0.25, 0.3) is 5.91 Å². The summed E-state index contributed by atoms with van der Waals surface area (Å²) in [7, 11) is -2.60. The zero-order valence-corrected chi connectivity index (χ0v) is 16.3. The van der Waals surface area contributed by atoms with E-state index in [4.69, 9.17) is 4.74 Å². The van der Waals surface area contributed by atoms with Crippen LogP contribution in [0.2, 0.25) is 0 Å². The van der Waals surface area contributed by atoms with Crippen LogP contribution in [0.5, 0.6) is 5.75 Å². The summed E-state index contributed by atoms with van der Waals surface area (Å²) in [5.41, 5.74) is 1.33. The summed E-state index contributed by atoms with van der Waals surface area (Å²) in [6.45, 7) is 1.57. The quantitative estimate of drug-likeness (QED) is 0.566. The van der Waals surface area contributed by atoms with Gasteiger partial charge in [-0.05, 0) is 18.6 Å². The number of anilines is 2. The molecule has 0 saturated carbocycles. The highest BCUT2D eigenvalue weighted by Crippen LogP contribution is 2.34. The number of halogens is 1. The van der Waals surface area contributed by atoms with Crippen molar-refractivity contribution in [3.8, 4) is 5.75 Å². The molecule has 1 aliphatic rings. The van der Waals surface area contributed by atoms with E-state index < -0.39 is 28.5 Å². The lowest BCUT2D eigenvalue weighted by atomic mass is 10.1. The molecular weight excluding hydrogens is 403 g/mol. The molecule has 2 aromatic heterocycles. The Hall–Kier alpha value is -3.41. The molecule has 1 amide bonds. The minimum Gasteiger partial charge on any atom is -0.496 e. The third-order valence-corrected chi connectivity index (χ3v) is 5.93. The fourth-order valence-electron chi connectivity index (χ4n) is 3.17. The summed E-state index contributed by atoms with van der Waals surface area (Å²) in [5.74, 6) is -0.338. The van der Waals surface area contributed by atoms with Gasteiger partial charge >= 0.3 is 10.2 Å². The highest BCUT2D eigenvalue weighted by Gasteiger charge is 2.37. The standard InChI is InChI=1S/C17H17FN6O4S/c1-9-5-19-14(4-13(9)28-2)20-6-10-3-12(18)17(16-11(10)7-21-22-16)24-8-15(25)23-29(24,26)27/h3-5,7H,6,8H2,1-2H3,(H,19,20)(H,21,22)(H,23,25). The van der Waals surface area contributed by atoms with Gasteiger partial charge in [0.15, 0.2) is 0 Å². The summed E-state index contributed by atoms with van der Waals surface area (Å²) < 4.78 is 47.0. The van der Waals surface area contributed by atoms with Crippen LogP contribution in [0.4, 0.5) is 15.9 Å². The number of pyridine rings is 1. The molecule has 3 heterocycles. The molecule has 29 heavy (non-hydrogen) atoms. The van der Waals surface area contributed by atoms with Gasteiger partial charge in [-0.15, -0.1) is 0 Å². The number of rotatable bonds is 5. The minimum atomic E-state index is -4.15. The van der Waals surface area contributed by atoms with Gasteiger partial charge in [0.05, 0.1) is 18.8 Å². The van der Waals surface area contributed by atoms with E-state index in [2.05, 4.69) is 20.5 Å². The number of benzene rings is 1. The molecular formula is C17H17FN6O4S. The number of fused-ring (bicyclic) bond motifs is 1. The molecule has 152 valence electrons. The van der Waals surface area contributed by atoms with Crippen molar-refractivity contribution >= 4 is 38.5 Å². The Labute approximate surface area is 165 Å². The Kier molecular flexibility index (Phi) is 4.49. The first kappa shape index (κ1) is 18.9. The molecule has 1 aliphatic heterocycles. The molecule has 3 aromatic rings. The number of carbonyl (C=O) groups excluding carboxylic acids is 1. The number of nitrogens with zero attached hydrogens (tertiary/aromatic N) is 3. The Morgan fingerprint density at radius 2 is 2.14 bits per heavy atom. The van der Waals surface area contributed by atoms with Crippen LogP contribution in [0.1, 0.15) is 11.1 Å². The predicted molar refractivity (Wildman–Crippen MR) is 103 cm³/mol. The molecule has 1 saturated heterocycles. The molecule has 0 aliphatic carbocycles. The lowest BCUT2D eigenvalue weighted by Crippen LogP contribution is -2.30. The van der Waals surface area contributed by atoms with Gasteiger partial charge in [-0.3, -0.25) is 9.89 Å². The number of carbonyl (C=O) groups is 1. The molecule has 4 rings (SSSR count). The van der Waals surface area contributed by atoms with Crippen LogP contribution in [-0.2, 0) is 21.5 Å². The highest BCUT2D eigenvalue weighted by atomic mass is 32.2. The van der Waals surface area contributed by atoms with Gasteiger partial charge in [0, 0.05) is 29.8 Å². The summed E-state index contributed by atoms with van der Waals surface area (Å²) in [4.78, 5) is 15.8. The number of aromatic nitrogens is 3. The lowest BCUT2D eigenvalue weighted by molar-refractivity contribution is -0.117. The topological polar surface area (TPSA) is 129 Å². The Morgan fingerprint density at radius 3 is 2.83 bits per heavy atom. The van der Waals surface area contributed by atoms with E-state index in [-0.39, 0.29) is 17.7 Å². The van der Waals surface area contributed by atoms with Crippen molar-refractivity contribution < 1.29 is 22.3 Å². The van der Waals surface area contributed by atoms with Crippen LogP contribution in [0, 0.1) is 12.7 Å². The molecule has 0 unspecified atom stereocenters. The van der Waals surface area contributed by atoms with E-state index in [0.717, 1.165) is 5.56 Å². The van der Waals surface area contributed by atoms with Gasteiger partial charge in [-0.2, -0.15) is 13.5 Å². The fraction of sp³-hybridized carbons (Fsp3) is 0.235. The van der Waals surface area contributed by atoms with Gasteiger partial charge in [0.2, 0.25) is 0 Å². The maximum absolute atomic E-state index is 14.9. The van der Waals surface area contributed by atoms with Crippen molar-refractivity contribution in [1.29, 1.82) is 0 Å². The fourth-order valence-corrected chi connectivity index (χ4v) is 4.34. The summed E-state index contributed by atoms with van der Waals surface area (Å²) in [5, 5.41) is 10.1. The van der Waals surface area contributed by atoms with E-state index >= 15 is 0 Å². The number of hydrogen-bond acceptors (Lipinski definition) is 7. The molecule has 1 aromatic carbocycles. The average molecular weight is 420 g/mol. The second-order valence-corrected chi connectivity index (χ2v) is 8.05. The molecule has 0 radical (unpaired) electrons. The Morgan fingerprint density at radius 1 is 1.34 bits per heavy atom. The maximum Gasteiger partial charge on any atom is 0.326 e. The van der Waals surface area contributed by atoms with Crippen molar-refractivity contribution in [3.05, 3.63) is 41.5 Å². The number of amides is 1. The van der Waals surface area contributed by atoms with Gasteiger partial charge in [-0.1, -0.05) is 0 Å². The van der Waals surface area contributed by atoms with Crippen LogP contribution in [0.25, 0.3) is 10.9 Å². The van der Waals surface area contributed by atoms with Crippen molar-refractivity contribution in [2.45, 2.75) is 13.5 Å². The summed E-state index contributed by atoms with van der Waals surface area (Å²) in [6, 6.07) is 2.94. The predicted octanol–water partition coefficient (Wildman–Crippen LogP) is 1.21. The summed E-state index contributed by atoms with van der Waals surface area (Å²) >= 11 is 0. The van der Waals surface area contributed by atoms with E-state index in [9.17, 15) is 17.6 Å². The number of aromatic amines is 1. The van der Waals surface area contributed by atoms with Crippen molar-refractivity contribution in [1.82, 2.24) is 19.9 Å². The maximum atomic E-state index is 14.9. The Balaban J connectivity index is 1.69. The van der Waals surface area contributed by atoms with Crippen LogP contribution in [0.3, 0.4) is 0 Å². The molecule has 1 fully saturated rings. The molecule has 10 nitrogen and oxygen atoms in total. The Bertz CT molecular complexity index is 1230. The molecule has 0 atom stereocenters. The first-order valence-corrected chi connectivity index (χ1v) is 9.96. The lowest BCUT2D eigenvalue weighted by Gasteiger charge is -2.18. The number of nitrogens with one attached hydrogen (secondary N) is 3. The number of aryl methyl sites for hydroxylation is 1. The number of H-pyrrole nitrogens is 1. The first-order valence-electron chi connectivity index (χ1n) is 8.52. The zero-order valence-electron chi connectivity index (χ0n) is 15.5. The molecule has 0 bridgehead atoms. The summed E-state index contributed by atoms with van der Waals surface area (Å²) in [6.07, 6.45) is 3.12. The SMILES string of the molecule is COc1cc(NCc2cc(F)c(N3CC(=O)NS3(=O)=O)c3[nH]ncc23)ncc1C. The second-order valence-electron chi connectivity index (χ2n) is 6.45.